The highest BCUT2D eigenvalue weighted by Gasteiger charge is 2.10. The third kappa shape index (κ3) is 5.14. The molecule has 0 amide bonds. The van der Waals surface area contributed by atoms with Crippen molar-refractivity contribution in [3.63, 3.8) is 0 Å². The quantitative estimate of drug-likeness (QED) is 0.895. The molecule has 0 unspecified atom stereocenters. The third-order valence-electron chi connectivity index (χ3n) is 2.94. The monoisotopic (exact) mass is 304 g/mol. The Hall–Kier alpha value is -1.39. The molecule has 21 heavy (non-hydrogen) atoms. The van der Waals surface area contributed by atoms with E-state index in [9.17, 15) is 4.39 Å². The van der Waals surface area contributed by atoms with Crippen LogP contribution in [0.3, 0.4) is 0 Å². The van der Waals surface area contributed by atoms with Gasteiger partial charge in [-0.05, 0) is 63.1 Å². The molecular formula is C17H21FN2S. The molecule has 0 bridgehead atoms. The van der Waals surface area contributed by atoms with Crippen molar-refractivity contribution >= 4 is 11.8 Å². The molecule has 2 rings (SSSR count). The number of benzene rings is 1. The minimum Gasteiger partial charge on any atom is -0.308 e. The summed E-state index contributed by atoms with van der Waals surface area (Å²) in [5.74, 6) is -0.215. The van der Waals surface area contributed by atoms with Gasteiger partial charge in [0.2, 0.25) is 0 Å². The summed E-state index contributed by atoms with van der Waals surface area (Å²) < 4.78 is 12.9. The summed E-state index contributed by atoms with van der Waals surface area (Å²) in [6.07, 6.45) is 1.90. The van der Waals surface area contributed by atoms with E-state index in [4.69, 9.17) is 0 Å². The van der Waals surface area contributed by atoms with Crippen molar-refractivity contribution in [1.29, 1.82) is 0 Å². The first-order valence-corrected chi connectivity index (χ1v) is 7.79. The molecule has 1 aromatic carbocycles. The van der Waals surface area contributed by atoms with Gasteiger partial charge in [0, 0.05) is 23.2 Å². The fourth-order valence-electron chi connectivity index (χ4n) is 1.81. The van der Waals surface area contributed by atoms with Crippen LogP contribution in [0, 0.1) is 12.7 Å². The van der Waals surface area contributed by atoms with Crippen molar-refractivity contribution in [2.45, 2.75) is 49.7 Å². The van der Waals surface area contributed by atoms with Gasteiger partial charge < -0.3 is 5.32 Å². The number of rotatable bonds is 4. The van der Waals surface area contributed by atoms with Crippen molar-refractivity contribution < 1.29 is 4.39 Å². The molecular weight excluding hydrogens is 283 g/mol. The molecule has 1 N–H and O–H groups in total. The van der Waals surface area contributed by atoms with Gasteiger partial charge in [-0.3, -0.25) is 0 Å². The largest absolute Gasteiger partial charge is 0.308 e. The van der Waals surface area contributed by atoms with Crippen LogP contribution in [0.5, 0.6) is 0 Å². The second-order valence-corrected chi connectivity index (χ2v) is 7.19. The molecule has 0 aliphatic rings. The van der Waals surface area contributed by atoms with Crippen molar-refractivity contribution in [1.82, 2.24) is 10.3 Å². The Balaban J connectivity index is 2.07. The molecule has 2 nitrogen and oxygen atoms in total. The minimum atomic E-state index is -0.215. The molecule has 0 spiro atoms. The number of pyridine rings is 1. The summed E-state index contributed by atoms with van der Waals surface area (Å²) in [6, 6.07) is 8.64. The molecule has 0 saturated carbocycles. The second kappa shape index (κ2) is 6.58. The Labute approximate surface area is 130 Å². The summed E-state index contributed by atoms with van der Waals surface area (Å²) in [6.45, 7) is 9.29. The van der Waals surface area contributed by atoms with Crippen molar-refractivity contribution in [3.8, 4) is 0 Å². The zero-order chi connectivity index (χ0) is 15.5. The normalized spacial score (nSPS) is 11.7. The van der Waals surface area contributed by atoms with Gasteiger partial charge in [0.05, 0.1) is 0 Å². The predicted molar refractivity (Wildman–Crippen MR) is 86.1 cm³/mol. The zero-order valence-electron chi connectivity index (χ0n) is 12.9. The first-order valence-electron chi connectivity index (χ1n) is 6.97. The lowest BCUT2D eigenvalue weighted by Gasteiger charge is -2.20. The van der Waals surface area contributed by atoms with Gasteiger partial charge in [-0.2, -0.15) is 0 Å². The lowest BCUT2D eigenvalue weighted by atomic mass is 10.1. The van der Waals surface area contributed by atoms with Crippen LogP contribution in [0.4, 0.5) is 4.39 Å². The highest BCUT2D eigenvalue weighted by atomic mass is 32.2. The van der Waals surface area contributed by atoms with Crippen molar-refractivity contribution in [3.05, 3.63) is 53.5 Å². The minimum absolute atomic E-state index is 0.0927. The van der Waals surface area contributed by atoms with E-state index in [1.807, 2.05) is 6.20 Å². The lowest BCUT2D eigenvalue weighted by molar-refractivity contribution is 0.424. The zero-order valence-corrected chi connectivity index (χ0v) is 13.7. The van der Waals surface area contributed by atoms with Crippen LogP contribution in [-0.4, -0.2) is 10.5 Å². The van der Waals surface area contributed by atoms with Crippen molar-refractivity contribution in [2.75, 3.05) is 0 Å². The predicted octanol–water partition coefficient (Wildman–Crippen LogP) is 4.57. The number of aromatic nitrogens is 1. The van der Waals surface area contributed by atoms with E-state index in [-0.39, 0.29) is 11.4 Å². The molecule has 4 heteroatoms. The summed E-state index contributed by atoms with van der Waals surface area (Å²) in [4.78, 5) is 5.52. The van der Waals surface area contributed by atoms with E-state index in [1.54, 1.807) is 23.9 Å². The van der Waals surface area contributed by atoms with Crippen LogP contribution in [0.25, 0.3) is 0 Å². The Morgan fingerprint density at radius 2 is 1.86 bits per heavy atom. The van der Waals surface area contributed by atoms with Gasteiger partial charge in [-0.15, -0.1) is 0 Å². The van der Waals surface area contributed by atoms with E-state index in [2.05, 4.69) is 44.1 Å². The van der Waals surface area contributed by atoms with E-state index in [0.717, 1.165) is 22.0 Å². The Morgan fingerprint density at radius 3 is 2.43 bits per heavy atom. The topological polar surface area (TPSA) is 24.9 Å². The van der Waals surface area contributed by atoms with Crippen LogP contribution in [0.1, 0.15) is 31.9 Å². The maximum Gasteiger partial charge on any atom is 0.123 e. The first-order chi connectivity index (χ1) is 9.83. The molecule has 0 radical (unpaired) electrons. The third-order valence-corrected chi connectivity index (χ3v) is 4.07. The maximum atomic E-state index is 12.9. The molecule has 1 aromatic heterocycles. The van der Waals surface area contributed by atoms with Gasteiger partial charge in [0.1, 0.15) is 10.8 Å². The molecule has 1 heterocycles. The molecule has 0 aliphatic carbocycles. The molecule has 2 aromatic rings. The molecule has 0 fully saturated rings. The van der Waals surface area contributed by atoms with Gasteiger partial charge in [0.15, 0.2) is 0 Å². The Bertz CT molecular complexity index is 603. The summed E-state index contributed by atoms with van der Waals surface area (Å²) in [7, 11) is 0. The number of hydrogen-bond donors (Lipinski definition) is 1. The molecule has 112 valence electrons. The smallest absolute Gasteiger partial charge is 0.123 e. The van der Waals surface area contributed by atoms with Crippen molar-refractivity contribution in [2.24, 2.45) is 0 Å². The fourth-order valence-corrected chi connectivity index (χ4v) is 2.63. The number of nitrogens with one attached hydrogen (secondary N) is 1. The van der Waals surface area contributed by atoms with Crippen LogP contribution < -0.4 is 5.32 Å². The van der Waals surface area contributed by atoms with Crippen LogP contribution in [0.2, 0.25) is 0 Å². The maximum absolute atomic E-state index is 12.9. The summed E-state index contributed by atoms with van der Waals surface area (Å²) in [5, 5.41) is 4.41. The average molecular weight is 304 g/mol. The second-order valence-electron chi connectivity index (χ2n) is 6.13. The van der Waals surface area contributed by atoms with Crippen LogP contribution in [-0.2, 0) is 6.54 Å². The molecule has 0 atom stereocenters. The van der Waals surface area contributed by atoms with Gasteiger partial charge in [-0.25, -0.2) is 9.37 Å². The van der Waals surface area contributed by atoms with Crippen LogP contribution in [0.15, 0.2) is 46.5 Å². The first kappa shape index (κ1) is 16.0. The number of aryl methyl sites for hydroxylation is 1. The van der Waals surface area contributed by atoms with E-state index in [1.165, 1.54) is 17.7 Å². The van der Waals surface area contributed by atoms with E-state index in [0.29, 0.717) is 0 Å². The lowest BCUT2D eigenvalue weighted by Crippen LogP contribution is -2.35. The highest BCUT2D eigenvalue weighted by Crippen LogP contribution is 2.28. The Kier molecular flexibility index (Phi) is 5.01. The van der Waals surface area contributed by atoms with Gasteiger partial charge in [0.25, 0.3) is 0 Å². The molecule has 0 aliphatic heterocycles. The van der Waals surface area contributed by atoms with Gasteiger partial charge in [-0.1, -0.05) is 17.8 Å². The number of halogens is 1. The van der Waals surface area contributed by atoms with E-state index >= 15 is 0 Å². The number of hydrogen-bond acceptors (Lipinski definition) is 3. The molecule has 0 saturated heterocycles. The van der Waals surface area contributed by atoms with E-state index < -0.39 is 0 Å². The Morgan fingerprint density at radius 1 is 1.19 bits per heavy atom. The standard InChI is InChI=1S/C17H21FN2S/c1-12-9-13(11-20-17(2,3)4)10-19-16(12)21-15-7-5-14(18)6-8-15/h5-10,20H,11H2,1-4H3. The number of nitrogens with zero attached hydrogens (tertiary/aromatic N) is 1. The highest BCUT2D eigenvalue weighted by molar-refractivity contribution is 7.99. The summed E-state index contributed by atoms with van der Waals surface area (Å²) >= 11 is 1.56. The summed E-state index contributed by atoms with van der Waals surface area (Å²) in [5.41, 5.74) is 2.40. The average Bonchev–Trinajstić information content (AvgIpc) is 2.41. The van der Waals surface area contributed by atoms with Crippen LogP contribution >= 0.6 is 11.8 Å². The van der Waals surface area contributed by atoms with Gasteiger partial charge >= 0.3 is 0 Å². The SMILES string of the molecule is Cc1cc(CNC(C)(C)C)cnc1Sc1ccc(F)cc1. The fraction of sp³-hybridized carbons (Fsp3) is 0.353.